The number of hydrogen-bond acceptors (Lipinski definition) is 7. The predicted octanol–water partition coefficient (Wildman–Crippen LogP) is 5.21. The maximum absolute atomic E-state index is 12.9. The number of thioether (sulfide) groups is 1. The highest BCUT2D eigenvalue weighted by atomic mass is 32.2. The van der Waals surface area contributed by atoms with Crippen molar-refractivity contribution in [3.05, 3.63) is 74.6 Å². The van der Waals surface area contributed by atoms with E-state index in [2.05, 4.69) is 9.97 Å². The molecule has 0 N–H and O–H groups in total. The molecule has 5 aromatic rings. The van der Waals surface area contributed by atoms with Crippen molar-refractivity contribution in [1.82, 2.24) is 19.4 Å². The smallest absolute Gasteiger partial charge is 0.259 e. The molecular formula is C22H16N4OS3. The van der Waals surface area contributed by atoms with Gasteiger partial charge < -0.3 is 0 Å². The molecule has 0 saturated carbocycles. The first-order valence-electron chi connectivity index (χ1n) is 9.71. The topological polar surface area (TPSA) is 60.2 Å². The quantitative estimate of drug-likeness (QED) is 0.279. The SMILES string of the molecule is O=c1cc(CSc2ncnc3sc4c(c23)CCC4)nc2scc(-c3ccccc3)n12. The molecule has 0 saturated heterocycles. The van der Waals surface area contributed by atoms with E-state index in [-0.39, 0.29) is 5.56 Å². The highest BCUT2D eigenvalue weighted by Gasteiger charge is 2.21. The van der Waals surface area contributed by atoms with E-state index in [1.54, 1.807) is 39.9 Å². The monoisotopic (exact) mass is 448 g/mol. The highest BCUT2D eigenvalue weighted by Crippen LogP contribution is 2.40. The summed E-state index contributed by atoms with van der Waals surface area (Å²) < 4.78 is 1.70. The lowest BCUT2D eigenvalue weighted by Gasteiger charge is -2.05. The fourth-order valence-electron chi connectivity index (χ4n) is 4.00. The lowest BCUT2D eigenvalue weighted by atomic mass is 10.2. The van der Waals surface area contributed by atoms with Gasteiger partial charge >= 0.3 is 0 Å². The van der Waals surface area contributed by atoms with Crippen LogP contribution >= 0.6 is 34.4 Å². The predicted molar refractivity (Wildman–Crippen MR) is 124 cm³/mol. The standard InChI is InChI=1S/C22H16N4OS3/c27-18-9-14(25-22-26(18)16(11-29-22)13-5-2-1-3-6-13)10-28-20-19-15-7-4-8-17(15)30-21(19)24-12-23-20/h1-3,5-6,9,11-12H,4,7-8,10H2. The third kappa shape index (κ3) is 2.98. The van der Waals surface area contributed by atoms with Crippen molar-refractivity contribution in [3.63, 3.8) is 0 Å². The first-order chi connectivity index (χ1) is 14.8. The van der Waals surface area contributed by atoms with Gasteiger partial charge in [0.1, 0.15) is 16.2 Å². The van der Waals surface area contributed by atoms with Crippen LogP contribution in [-0.4, -0.2) is 19.4 Å². The third-order valence-electron chi connectivity index (χ3n) is 5.35. The van der Waals surface area contributed by atoms with Gasteiger partial charge in [0.25, 0.3) is 5.56 Å². The molecule has 30 heavy (non-hydrogen) atoms. The zero-order chi connectivity index (χ0) is 20.1. The van der Waals surface area contributed by atoms with Crippen LogP contribution in [-0.2, 0) is 18.6 Å². The molecule has 0 atom stereocenters. The molecule has 0 aliphatic heterocycles. The molecule has 8 heteroatoms. The molecule has 4 heterocycles. The number of rotatable bonds is 4. The molecule has 0 amide bonds. The zero-order valence-corrected chi connectivity index (χ0v) is 18.3. The van der Waals surface area contributed by atoms with E-state index >= 15 is 0 Å². The Morgan fingerprint density at radius 2 is 2.03 bits per heavy atom. The van der Waals surface area contributed by atoms with Crippen LogP contribution in [0.25, 0.3) is 26.4 Å². The Hall–Kier alpha value is -2.55. The van der Waals surface area contributed by atoms with Crippen LogP contribution in [0.1, 0.15) is 22.6 Å². The molecule has 0 bridgehead atoms. The van der Waals surface area contributed by atoms with Gasteiger partial charge in [-0.25, -0.2) is 15.0 Å². The minimum absolute atomic E-state index is 0.0417. The van der Waals surface area contributed by atoms with Gasteiger partial charge in [-0.05, 0) is 30.4 Å². The summed E-state index contributed by atoms with van der Waals surface area (Å²) >= 11 is 4.94. The summed E-state index contributed by atoms with van der Waals surface area (Å²) in [6, 6.07) is 11.6. The van der Waals surface area contributed by atoms with Crippen molar-refractivity contribution < 1.29 is 0 Å². The Morgan fingerprint density at radius 3 is 2.93 bits per heavy atom. The summed E-state index contributed by atoms with van der Waals surface area (Å²) in [4.78, 5) is 29.9. The Kier molecular flexibility index (Phi) is 4.44. The van der Waals surface area contributed by atoms with Crippen LogP contribution in [0.5, 0.6) is 0 Å². The van der Waals surface area contributed by atoms with Gasteiger partial charge in [-0.15, -0.1) is 22.7 Å². The Balaban J connectivity index is 1.34. The van der Waals surface area contributed by atoms with Crippen LogP contribution in [0.3, 0.4) is 0 Å². The van der Waals surface area contributed by atoms with Gasteiger partial charge in [-0.2, -0.15) is 0 Å². The second-order valence-electron chi connectivity index (χ2n) is 7.20. The maximum Gasteiger partial charge on any atom is 0.259 e. The summed E-state index contributed by atoms with van der Waals surface area (Å²) in [5.41, 5.74) is 4.07. The van der Waals surface area contributed by atoms with Gasteiger partial charge in [-0.1, -0.05) is 42.1 Å². The average molecular weight is 449 g/mol. The van der Waals surface area contributed by atoms with Gasteiger partial charge in [0.2, 0.25) is 0 Å². The number of fused-ring (bicyclic) bond motifs is 4. The van der Waals surface area contributed by atoms with Crippen LogP contribution < -0.4 is 5.56 Å². The Morgan fingerprint density at radius 1 is 1.13 bits per heavy atom. The van der Waals surface area contributed by atoms with E-state index in [1.807, 2.05) is 35.7 Å². The molecule has 6 rings (SSSR count). The molecule has 5 nitrogen and oxygen atoms in total. The third-order valence-corrected chi connectivity index (χ3v) is 8.40. The minimum atomic E-state index is -0.0417. The zero-order valence-electron chi connectivity index (χ0n) is 15.9. The highest BCUT2D eigenvalue weighted by molar-refractivity contribution is 7.98. The van der Waals surface area contributed by atoms with Crippen molar-refractivity contribution in [2.45, 2.75) is 30.0 Å². The van der Waals surface area contributed by atoms with E-state index in [0.29, 0.717) is 5.75 Å². The molecule has 0 spiro atoms. The summed E-state index contributed by atoms with van der Waals surface area (Å²) in [6.07, 6.45) is 5.12. The van der Waals surface area contributed by atoms with E-state index < -0.39 is 0 Å². The molecule has 1 aliphatic rings. The maximum atomic E-state index is 12.9. The number of nitrogens with zero attached hydrogens (tertiary/aromatic N) is 4. The normalized spacial score (nSPS) is 13.3. The first-order valence-corrected chi connectivity index (χ1v) is 12.4. The van der Waals surface area contributed by atoms with Crippen LogP contribution in [0.15, 0.2) is 57.9 Å². The number of aryl methyl sites for hydroxylation is 2. The molecule has 148 valence electrons. The molecule has 0 radical (unpaired) electrons. The van der Waals surface area contributed by atoms with Crippen molar-refractivity contribution in [2.24, 2.45) is 0 Å². The summed E-state index contributed by atoms with van der Waals surface area (Å²) in [5.74, 6) is 0.612. The van der Waals surface area contributed by atoms with E-state index in [0.717, 1.165) is 44.6 Å². The van der Waals surface area contributed by atoms with Crippen LogP contribution in [0, 0.1) is 0 Å². The minimum Gasteiger partial charge on any atom is -0.269 e. The number of aromatic nitrogens is 4. The molecule has 0 unspecified atom stereocenters. The summed E-state index contributed by atoms with van der Waals surface area (Å²) in [5, 5.41) is 4.20. The van der Waals surface area contributed by atoms with Crippen LogP contribution in [0.2, 0.25) is 0 Å². The number of thiophene rings is 1. The second kappa shape index (κ2) is 7.30. The Bertz CT molecular complexity index is 1450. The number of thiazole rings is 1. The average Bonchev–Trinajstić information content (AvgIpc) is 3.47. The Labute approximate surface area is 184 Å². The van der Waals surface area contributed by atoms with E-state index in [4.69, 9.17) is 4.98 Å². The second-order valence-corrected chi connectivity index (χ2v) is 10.1. The number of hydrogen-bond donors (Lipinski definition) is 0. The fraction of sp³-hybridized carbons (Fsp3) is 0.182. The van der Waals surface area contributed by atoms with Gasteiger partial charge in [0.15, 0.2) is 4.96 Å². The summed E-state index contributed by atoms with van der Waals surface area (Å²) in [6.45, 7) is 0. The van der Waals surface area contributed by atoms with Gasteiger partial charge in [0, 0.05) is 27.5 Å². The van der Waals surface area contributed by atoms with E-state index in [9.17, 15) is 4.79 Å². The van der Waals surface area contributed by atoms with Crippen molar-refractivity contribution >= 4 is 49.6 Å². The lowest BCUT2D eigenvalue weighted by molar-refractivity contribution is 0.915. The summed E-state index contributed by atoms with van der Waals surface area (Å²) in [7, 11) is 0. The lowest BCUT2D eigenvalue weighted by Crippen LogP contribution is -2.14. The largest absolute Gasteiger partial charge is 0.269 e. The van der Waals surface area contributed by atoms with Crippen molar-refractivity contribution in [2.75, 3.05) is 0 Å². The van der Waals surface area contributed by atoms with Gasteiger partial charge in [-0.3, -0.25) is 9.20 Å². The van der Waals surface area contributed by atoms with E-state index in [1.165, 1.54) is 33.6 Å². The molecule has 1 aromatic carbocycles. The number of benzene rings is 1. The van der Waals surface area contributed by atoms with Gasteiger partial charge in [0.05, 0.1) is 11.4 Å². The van der Waals surface area contributed by atoms with Crippen molar-refractivity contribution in [1.29, 1.82) is 0 Å². The first kappa shape index (κ1) is 18.2. The molecular weight excluding hydrogens is 432 g/mol. The van der Waals surface area contributed by atoms with Crippen LogP contribution in [0.4, 0.5) is 0 Å². The fourth-order valence-corrected chi connectivity index (χ4v) is 7.13. The molecule has 1 aliphatic carbocycles. The molecule has 4 aromatic heterocycles. The van der Waals surface area contributed by atoms with Crippen molar-refractivity contribution in [3.8, 4) is 11.3 Å². The molecule has 0 fully saturated rings.